The van der Waals surface area contributed by atoms with Gasteiger partial charge in [0.1, 0.15) is 5.75 Å². The first-order valence-corrected chi connectivity index (χ1v) is 12.2. The number of hydrogen-bond acceptors (Lipinski definition) is 4. The van der Waals surface area contributed by atoms with Crippen molar-refractivity contribution in [1.29, 1.82) is 0 Å². The molecule has 1 saturated carbocycles. The molecule has 3 rings (SSSR count). The van der Waals surface area contributed by atoms with E-state index >= 15 is 0 Å². The van der Waals surface area contributed by atoms with E-state index in [9.17, 15) is 9.59 Å². The molecule has 0 unspecified atom stereocenters. The van der Waals surface area contributed by atoms with E-state index in [0.717, 1.165) is 43.2 Å². The van der Waals surface area contributed by atoms with E-state index in [1.807, 2.05) is 36.1 Å². The lowest BCUT2D eigenvalue weighted by Gasteiger charge is -2.44. The van der Waals surface area contributed by atoms with Gasteiger partial charge in [0.25, 0.3) is 0 Å². The average molecular weight is 442 g/mol. The largest absolute Gasteiger partial charge is 0.493 e. The molecule has 0 radical (unpaired) electrons. The smallest absolute Gasteiger partial charge is 0.244 e. The summed E-state index contributed by atoms with van der Waals surface area (Å²) in [7, 11) is 2.27. The van der Waals surface area contributed by atoms with E-state index < -0.39 is 0 Å². The molecule has 2 aliphatic rings. The van der Waals surface area contributed by atoms with Crippen molar-refractivity contribution in [3.8, 4) is 5.75 Å². The number of piperidine rings is 1. The molecule has 1 N–H and O–H groups in total. The van der Waals surface area contributed by atoms with Crippen LogP contribution in [0, 0.1) is 5.92 Å². The van der Waals surface area contributed by atoms with Crippen molar-refractivity contribution in [1.82, 2.24) is 15.1 Å². The molecular formula is C26H39N3O3. The summed E-state index contributed by atoms with van der Waals surface area (Å²) < 4.78 is 5.57. The Morgan fingerprint density at radius 1 is 1.16 bits per heavy atom. The van der Waals surface area contributed by atoms with Crippen molar-refractivity contribution in [3.63, 3.8) is 0 Å². The lowest BCUT2D eigenvalue weighted by Crippen LogP contribution is -2.51. The number of carbonyl (C=O) groups is 2. The molecule has 1 aromatic carbocycles. The van der Waals surface area contributed by atoms with Crippen LogP contribution in [-0.4, -0.2) is 67.0 Å². The zero-order valence-corrected chi connectivity index (χ0v) is 19.9. The fourth-order valence-corrected chi connectivity index (χ4v) is 5.10. The highest BCUT2D eigenvalue weighted by Crippen LogP contribution is 2.30. The van der Waals surface area contributed by atoms with E-state index in [1.54, 1.807) is 6.08 Å². The van der Waals surface area contributed by atoms with Crippen LogP contribution in [0.25, 0.3) is 6.08 Å². The Kier molecular flexibility index (Phi) is 9.15. The van der Waals surface area contributed by atoms with Gasteiger partial charge in [-0.2, -0.15) is 0 Å². The molecule has 6 heteroatoms. The Morgan fingerprint density at radius 2 is 1.88 bits per heavy atom. The summed E-state index contributed by atoms with van der Waals surface area (Å²) in [5.74, 6) is 1.22. The summed E-state index contributed by atoms with van der Waals surface area (Å²) in [5.41, 5.74) is 0.842. The highest BCUT2D eigenvalue weighted by atomic mass is 16.5. The first-order chi connectivity index (χ1) is 15.5. The SMILES string of the molecule is CCOc1ccccc1/C=C/C(=O)NCC(=O)N1CCC(N(C)[C@H]2CCCC[C@H]2C)CC1. The van der Waals surface area contributed by atoms with Gasteiger partial charge >= 0.3 is 0 Å². The van der Waals surface area contributed by atoms with Crippen molar-refractivity contribution in [2.24, 2.45) is 5.92 Å². The summed E-state index contributed by atoms with van der Waals surface area (Å²) in [6.45, 7) is 6.45. The minimum Gasteiger partial charge on any atom is -0.493 e. The molecule has 6 nitrogen and oxygen atoms in total. The number of para-hydroxylation sites is 1. The molecular weight excluding hydrogens is 402 g/mol. The second-order valence-electron chi connectivity index (χ2n) is 9.13. The van der Waals surface area contributed by atoms with Crippen LogP contribution in [0.3, 0.4) is 0 Å². The van der Waals surface area contributed by atoms with E-state index in [2.05, 4.69) is 24.2 Å². The minimum absolute atomic E-state index is 0.00592. The number of benzene rings is 1. The normalized spacial score (nSPS) is 22.3. The van der Waals surface area contributed by atoms with E-state index in [0.29, 0.717) is 18.7 Å². The topological polar surface area (TPSA) is 61.9 Å². The number of carbonyl (C=O) groups excluding carboxylic acids is 2. The van der Waals surface area contributed by atoms with Gasteiger partial charge in [0.2, 0.25) is 11.8 Å². The second-order valence-corrected chi connectivity index (χ2v) is 9.13. The highest BCUT2D eigenvalue weighted by Gasteiger charge is 2.32. The zero-order valence-electron chi connectivity index (χ0n) is 19.9. The quantitative estimate of drug-likeness (QED) is 0.625. The highest BCUT2D eigenvalue weighted by molar-refractivity contribution is 5.94. The molecule has 1 aliphatic heterocycles. The average Bonchev–Trinajstić information content (AvgIpc) is 2.82. The zero-order chi connectivity index (χ0) is 22.9. The predicted octanol–water partition coefficient (Wildman–Crippen LogP) is 3.72. The second kappa shape index (κ2) is 12.0. The number of hydrogen-bond donors (Lipinski definition) is 1. The van der Waals surface area contributed by atoms with Crippen LogP contribution in [0.2, 0.25) is 0 Å². The van der Waals surface area contributed by atoms with Gasteiger partial charge in [-0.3, -0.25) is 9.59 Å². The van der Waals surface area contributed by atoms with E-state index in [4.69, 9.17) is 4.74 Å². The van der Waals surface area contributed by atoms with Gasteiger partial charge in [-0.25, -0.2) is 0 Å². The van der Waals surface area contributed by atoms with Crippen molar-refractivity contribution in [3.05, 3.63) is 35.9 Å². The number of likely N-dealkylation sites (tertiary alicyclic amines) is 1. The summed E-state index contributed by atoms with van der Waals surface area (Å²) in [6, 6.07) is 8.80. The molecule has 32 heavy (non-hydrogen) atoms. The van der Waals surface area contributed by atoms with Crippen LogP contribution < -0.4 is 10.1 Å². The maximum Gasteiger partial charge on any atom is 0.244 e. The molecule has 2 amide bonds. The third kappa shape index (κ3) is 6.58. The van der Waals surface area contributed by atoms with Crippen LogP contribution >= 0.6 is 0 Å². The van der Waals surface area contributed by atoms with Gasteiger partial charge < -0.3 is 19.9 Å². The van der Waals surface area contributed by atoms with Crippen molar-refractivity contribution in [2.75, 3.05) is 33.3 Å². The summed E-state index contributed by atoms with van der Waals surface area (Å²) in [4.78, 5) is 29.3. The lowest BCUT2D eigenvalue weighted by atomic mass is 9.84. The van der Waals surface area contributed by atoms with Gasteiger partial charge in [-0.05, 0) is 57.7 Å². The standard InChI is InChI=1S/C26H39N3O3/c1-4-32-24-12-8-6-10-21(24)13-14-25(30)27-19-26(31)29-17-15-22(16-18-29)28(3)23-11-7-5-9-20(23)2/h6,8,10,12-14,20,22-23H,4-5,7,9,11,15-19H2,1-3H3,(H,27,30)/b14-13+/t20-,23+/m1/s1. The van der Waals surface area contributed by atoms with Crippen LogP contribution in [0.15, 0.2) is 30.3 Å². The van der Waals surface area contributed by atoms with Crippen molar-refractivity contribution >= 4 is 17.9 Å². The summed E-state index contributed by atoms with van der Waals surface area (Å²) in [6.07, 6.45) is 10.5. The van der Waals surface area contributed by atoms with Crippen molar-refractivity contribution in [2.45, 2.75) is 64.5 Å². The van der Waals surface area contributed by atoms with Gasteiger partial charge in [-0.1, -0.05) is 38.0 Å². The molecule has 1 aliphatic carbocycles. The Bertz CT molecular complexity index is 786. The summed E-state index contributed by atoms with van der Waals surface area (Å²) in [5, 5.41) is 2.72. The molecule has 0 spiro atoms. The number of amides is 2. The van der Waals surface area contributed by atoms with Crippen LogP contribution in [-0.2, 0) is 9.59 Å². The third-order valence-electron chi connectivity index (χ3n) is 7.03. The summed E-state index contributed by atoms with van der Waals surface area (Å²) >= 11 is 0. The number of ether oxygens (including phenoxy) is 1. The Labute approximate surface area is 193 Å². The van der Waals surface area contributed by atoms with Crippen molar-refractivity contribution < 1.29 is 14.3 Å². The van der Waals surface area contributed by atoms with Gasteiger partial charge in [-0.15, -0.1) is 0 Å². The molecule has 2 atom stereocenters. The van der Waals surface area contributed by atoms with Gasteiger partial charge in [0.15, 0.2) is 0 Å². The van der Waals surface area contributed by atoms with E-state index in [1.165, 1.54) is 31.8 Å². The minimum atomic E-state index is -0.273. The fourth-order valence-electron chi connectivity index (χ4n) is 5.10. The number of nitrogens with one attached hydrogen (secondary N) is 1. The number of nitrogens with zero attached hydrogens (tertiary/aromatic N) is 2. The van der Waals surface area contributed by atoms with Crippen LogP contribution in [0.4, 0.5) is 0 Å². The molecule has 0 bridgehead atoms. The fraction of sp³-hybridized carbons (Fsp3) is 0.615. The molecule has 1 heterocycles. The number of rotatable bonds is 8. The van der Waals surface area contributed by atoms with E-state index in [-0.39, 0.29) is 18.4 Å². The Morgan fingerprint density at radius 3 is 2.59 bits per heavy atom. The first kappa shape index (κ1) is 24.3. The van der Waals surface area contributed by atoms with Gasteiger partial charge in [0, 0.05) is 36.8 Å². The molecule has 0 aromatic heterocycles. The molecule has 2 fully saturated rings. The lowest BCUT2D eigenvalue weighted by molar-refractivity contribution is -0.133. The maximum atomic E-state index is 12.6. The van der Waals surface area contributed by atoms with Gasteiger partial charge in [0.05, 0.1) is 13.2 Å². The monoisotopic (exact) mass is 441 g/mol. The molecule has 1 aromatic rings. The molecule has 176 valence electrons. The Balaban J connectivity index is 1.42. The first-order valence-electron chi connectivity index (χ1n) is 12.2. The Hall–Kier alpha value is -2.34. The van der Waals surface area contributed by atoms with Crippen LogP contribution in [0.5, 0.6) is 5.75 Å². The molecule has 1 saturated heterocycles. The third-order valence-corrected chi connectivity index (χ3v) is 7.03. The predicted molar refractivity (Wildman–Crippen MR) is 128 cm³/mol. The maximum absolute atomic E-state index is 12.6. The van der Waals surface area contributed by atoms with Crippen LogP contribution in [0.1, 0.15) is 57.9 Å².